The number of hydrogen-bond acceptors (Lipinski definition) is 4. The molecule has 1 aromatic rings. The van der Waals surface area contributed by atoms with Crippen LogP contribution >= 0.6 is 0 Å². The van der Waals surface area contributed by atoms with Gasteiger partial charge >= 0.3 is 0 Å². The van der Waals surface area contributed by atoms with Crippen LogP contribution in [0.25, 0.3) is 0 Å². The van der Waals surface area contributed by atoms with Gasteiger partial charge in [-0.05, 0) is 19.3 Å². The van der Waals surface area contributed by atoms with E-state index in [2.05, 4.69) is 23.8 Å². The van der Waals surface area contributed by atoms with E-state index in [1.165, 1.54) is 0 Å². The monoisotopic (exact) mass is 238 g/mol. The molecule has 0 aliphatic carbocycles. The van der Waals surface area contributed by atoms with Gasteiger partial charge in [-0.2, -0.15) is 5.10 Å². The lowest BCUT2D eigenvalue weighted by molar-refractivity contribution is 0.0839. The van der Waals surface area contributed by atoms with Gasteiger partial charge in [0.2, 0.25) is 0 Å². The highest BCUT2D eigenvalue weighted by Crippen LogP contribution is 2.34. The Morgan fingerprint density at radius 3 is 2.53 bits per heavy atom. The van der Waals surface area contributed by atoms with Crippen LogP contribution in [0.2, 0.25) is 0 Å². The number of aromatic nitrogens is 2. The van der Waals surface area contributed by atoms with Crippen LogP contribution in [0.15, 0.2) is 0 Å². The summed E-state index contributed by atoms with van der Waals surface area (Å²) in [6.45, 7) is 7.48. The van der Waals surface area contributed by atoms with Gasteiger partial charge in [0, 0.05) is 20.1 Å². The number of nitrogen functional groups attached to an aromatic ring is 1. The number of anilines is 2. The molecule has 17 heavy (non-hydrogen) atoms. The first-order valence-corrected chi connectivity index (χ1v) is 6.11. The maximum Gasteiger partial charge on any atom is 0.150 e. The van der Waals surface area contributed by atoms with Crippen molar-refractivity contribution in [3.05, 3.63) is 5.69 Å². The molecule has 1 atom stereocenters. The van der Waals surface area contributed by atoms with Crippen LogP contribution in [0.3, 0.4) is 0 Å². The number of aliphatic hydroxyl groups is 1. The first kappa shape index (κ1) is 12.2. The van der Waals surface area contributed by atoms with Crippen molar-refractivity contribution in [3.8, 4) is 0 Å². The lowest BCUT2D eigenvalue weighted by Gasteiger charge is -2.21. The molecule has 1 fully saturated rings. The highest BCUT2D eigenvalue weighted by atomic mass is 16.3. The van der Waals surface area contributed by atoms with Crippen molar-refractivity contribution in [2.45, 2.75) is 38.7 Å². The van der Waals surface area contributed by atoms with Crippen LogP contribution in [-0.2, 0) is 7.05 Å². The molecule has 1 aromatic heterocycles. The minimum atomic E-state index is -0.616. The van der Waals surface area contributed by atoms with E-state index >= 15 is 0 Å². The summed E-state index contributed by atoms with van der Waals surface area (Å²) in [5.74, 6) is 1.25. The van der Waals surface area contributed by atoms with Crippen LogP contribution < -0.4 is 10.6 Å². The lowest BCUT2D eigenvalue weighted by Crippen LogP contribution is -2.30. The van der Waals surface area contributed by atoms with Crippen molar-refractivity contribution in [2.24, 2.45) is 7.05 Å². The Kier molecular flexibility index (Phi) is 2.81. The van der Waals surface area contributed by atoms with Crippen molar-refractivity contribution in [1.29, 1.82) is 0 Å². The fraction of sp³-hybridized carbons (Fsp3) is 0.750. The molecule has 5 heteroatoms. The summed E-state index contributed by atoms with van der Waals surface area (Å²) >= 11 is 0. The van der Waals surface area contributed by atoms with Gasteiger partial charge in [0.25, 0.3) is 0 Å². The van der Waals surface area contributed by atoms with Crippen molar-refractivity contribution in [2.75, 3.05) is 23.7 Å². The quantitative estimate of drug-likeness (QED) is 0.809. The Balaban J connectivity index is 2.34. The molecule has 96 valence electrons. The SMILES string of the molecule is CC(C)c1nn(C)c(N2CCC(C)(O)C2)c1N. The maximum absolute atomic E-state index is 10.0. The molecule has 1 saturated heterocycles. The van der Waals surface area contributed by atoms with Crippen LogP contribution in [-0.4, -0.2) is 33.6 Å². The molecule has 0 spiro atoms. The van der Waals surface area contributed by atoms with Crippen molar-refractivity contribution < 1.29 is 5.11 Å². The second-order valence-electron chi connectivity index (χ2n) is 5.57. The largest absolute Gasteiger partial charge is 0.394 e. The topological polar surface area (TPSA) is 67.3 Å². The van der Waals surface area contributed by atoms with Crippen molar-refractivity contribution in [3.63, 3.8) is 0 Å². The molecule has 0 saturated carbocycles. The van der Waals surface area contributed by atoms with Crippen LogP contribution in [0.4, 0.5) is 11.5 Å². The molecule has 2 heterocycles. The lowest BCUT2D eigenvalue weighted by atomic mass is 10.1. The third kappa shape index (κ3) is 2.11. The summed E-state index contributed by atoms with van der Waals surface area (Å²) in [5, 5.41) is 14.5. The zero-order valence-electron chi connectivity index (χ0n) is 11.1. The van der Waals surface area contributed by atoms with Crippen LogP contribution in [0.1, 0.15) is 38.8 Å². The summed E-state index contributed by atoms with van der Waals surface area (Å²) in [6, 6.07) is 0. The zero-order valence-corrected chi connectivity index (χ0v) is 11.1. The Morgan fingerprint density at radius 2 is 2.12 bits per heavy atom. The Hall–Kier alpha value is -1.23. The standard InChI is InChI=1S/C12H22N4O/c1-8(2)10-9(13)11(15(4)14-10)16-6-5-12(3,17)7-16/h8,17H,5-7,13H2,1-4H3. The number of aryl methyl sites for hydroxylation is 1. The van der Waals surface area contributed by atoms with E-state index in [0.717, 1.165) is 30.2 Å². The average Bonchev–Trinajstić information content (AvgIpc) is 2.67. The Bertz CT molecular complexity index is 422. The summed E-state index contributed by atoms with van der Waals surface area (Å²) in [5.41, 5.74) is 7.24. The second-order valence-corrected chi connectivity index (χ2v) is 5.57. The van der Waals surface area contributed by atoms with E-state index in [0.29, 0.717) is 12.5 Å². The molecule has 2 rings (SSSR count). The number of hydrogen-bond donors (Lipinski definition) is 2. The van der Waals surface area contributed by atoms with Gasteiger partial charge < -0.3 is 15.7 Å². The molecular weight excluding hydrogens is 216 g/mol. The van der Waals surface area contributed by atoms with E-state index in [9.17, 15) is 5.11 Å². The van der Waals surface area contributed by atoms with Gasteiger partial charge in [0.05, 0.1) is 17.0 Å². The summed E-state index contributed by atoms with van der Waals surface area (Å²) in [7, 11) is 1.91. The predicted molar refractivity (Wildman–Crippen MR) is 69.2 cm³/mol. The number of rotatable bonds is 2. The highest BCUT2D eigenvalue weighted by molar-refractivity contribution is 5.67. The van der Waals surface area contributed by atoms with Gasteiger partial charge in [0.1, 0.15) is 0 Å². The number of nitrogens with two attached hydrogens (primary N) is 1. The number of nitrogens with zero attached hydrogens (tertiary/aromatic N) is 3. The average molecular weight is 238 g/mol. The molecular formula is C12H22N4O. The molecule has 0 amide bonds. The maximum atomic E-state index is 10.0. The van der Waals surface area contributed by atoms with Crippen molar-refractivity contribution >= 4 is 11.5 Å². The van der Waals surface area contributed by atoms with Gasteiger partial charge in [-0.25, -0.2) is 0 Å². The van der Waals surface area contributed by atoms with E-state index in [1.807, 2.05) is 18.7 Å². The third-order valence-corrected chi connectivity index (χ3v) is 3.38. The smallest absolute Gasteiger partial charge is 0.150 e. The van der Waals surface area contributed by atoms with E-state index < -0.39 is 5.60 Å². The van der Waals surface area contributed by atoms with Crippen molar-refractivity contribution in [1.82, 2.24) is 9.78 Å². The van der Waals surface area contributed by atoms with Gasteiger partial charge in [-0.15, -0.1) is 0 Å². The fourth-order valence-corrected chi connectivity index (χ4v) is 2.48. The molecule has 0 aromatic carbocycles. The molecule has 5 nitrogen and oxygen atoms in total. The normalized spacial score (nSPS) is 24.9. The minimum Gasteiger partial charge on any atom is -0.394 e. The molecule has 3 N–H and O–H groups in total. The predicted octanol–water partition coefficient (Wildman–Crippen LogP) is 1.09. The summed E-state index contributed by atoms with van der Waals surface area (Å²) in [6.07, 6.45) is 0.772. The van der Waals surface area contributed by atoms with E-state index in [-0.39, 0.29) is 0 Å². The van der Waals surface area contributed by atoms with Gasteiger partial charge in [-0.3, -0.25) is 4.68 Å². The van der Waals surface area contributed by atoms with Crippen LogP contribution in [0.5, 0.6) is 0 Å². The van der Waals surface area contributed by atoms with Crippen LogP contribution in [0, 0.1) is 0 Å². The first-order chi connectivity index (χ1) is 7.82. The molecule has 1 aliphatic rings. The minimum absolute atomic E-state index is 0.318. The number of β-amino-alcohol motifs (C(OH)–C–C–N with tert-alkyl or cyclic N) is 1. The Morgan fingerprint density at radius 1 is 1.47 bits per heavy atom. The second kappa shape index (κ2) is 3.91. The molecule has 1 unspecified atom stereocenters. The van der Waals surface area contributed by atoms with E-state index in [4.69, 9.17) is 5.73 Å². The van der Waals surface area contributed by atoms with Gasteiger partial charge in [-0.1, -0.05) is 13.8 Å². The summed E-state index contributed by atoms with van der Waals surface area (Å²) < 4.78 is 1.83. The van der Waals surface area contributed by atoms with E-state index in [1.54, 1.807) is 0 Å². The molecule has 0 bridgehead atoms. The molecule has 1 aliphatic heterocycles. The zero-order chi connectivity index (χ0) is 12.8. The van der Waals surface area contributed by atoms with Gasteiger partial charge in [0.15, 0.2) is 5.82 Å². The first-order valence-electron chi connectivity index (χ1n) is 6.11. The molecule has 0 radical (unpaired) electrons. The third-order valence-electron chi connectivity index (χ3n) is 3.38. The highest BCUT2D eigenvalue weighted by Gasteiger charge is 2.34. The fourth-order valence-electron chi connectivity index (χ4n) is 2.48. The summed E-state index contributed by atoms with van der Waals surface area (Å²) in [4.78, 5) is 2.12. The Labute approximate surface area is 102 Å².